The van der Waals surface area contributed by atoms with Crippen LogP contribution in [0.1, 0.15) is 50.7 Å². The van der Waals surface area contributed by atoms with Crippen LogP contribution in [0, 0.1) is 0 Å². The molecule has 0 fully saturated rings. The predicted octanol–water partition coefficient (Wildman–Crippen LogP) is 4.26. The standard InChI is InChI=1S/C20H27NO4/c1-20(2,3)25-19(22)21-12-13-10-17(23-4)18(24-5)11-15(13)14-8-6-7-9-16(14)21/h6-7,10-11,14,16H,8-9,12H2,1-5H3/t14-,16-/m0/s1. The zero-order valence-corrected chi connectivity index (χ0v) is 15.7. The van der Waals surface area contributed by atoms with Gasteiger partial charge in [0.2, 0.25) is 0 Å². The molecule has 1 aliphatic carbocycles. The molecule has 5 nitrogen and oxygen atoms in total. The van der Waals surface area contributed by atoms with E-state index in [0.717, 1.165) is 24.2 Å². The molecule has 0 bridgehead atoms. The SMILES string of the molecule is COc1cc2c(cc1OC)[C@@H]1CC=CC[C@@H]1N(C(=O)OC(C)(C)C)C2. The summed E-state index contributed by atoms with van der Waals surface area (Å²) in [6.07, 6.45) is 5.85. The van der Waals surface area contributed by atoms with Gasteiger partial charge in [-0.25, -0.2) is 4.79 Å². The van der Waals surface area contributed by atoms with Crippen molar-refractivity contribution in [1.82, 2.24) is 4.90 Å². The van der Waals surface area contributed by atoms with Crippen LogP contribution in [0.15, 0.2) is 24.3 Å². The summed E-state index contributed by atoms with van der Waals surface area (Å²) >= 11 is 0. The van der Waals surface area contributed by atoms with E-state index >= 15 is 0 Å². The minimum atomic E-state index is -0.505. The Morgan fingerprint density at radius 2 is 1.72 bits per heavy atom. The van der Waals surface area contributed by atoms with Gasteiger partial charge in [-0.1, -0.05) is 12.2 Å². The number of carbonyl (C=O) groups is 1. The monoisotopic (exact) mass is 345 g/mol. The van der Waals surface area contributed by atoms with Gasteiger partial charge in [-0.2, -0.15) is 0 Å². The Balaban J connectivity index is 2.00. The zero-order chi connectivity index (χ0) is 18.2. The number of rotatable bonds is 2. The number of methoxy groups -OCH3 is 2. The van der Waals surface area contributed by atoms with Crippen LogP contribution in [-0.2, 0) is 11.3 Å². The lowest BCUT2D eigenvalue weighted by molar-refractivity contribution is 0.00800. The molecule has 0 radical (unpaired) electrons. The van der Waals surface area contributed by atoms with Crippen LogP contribution in [0.5, 0.6) is 11.5 Å². The first kappa shape index (κ1) is 17.6. The van der Waals surface area contributed by atoms with Gasteiger partial charge in [-0.05, 0) is 56.9 Å². The number of carbonyl (C=O) groups excluding carboxylic acids is 1. The molecule has 5 heteroatoms. The van der Waals surface area contributed by atoms with Gasteiger partial charge in [0.25, 0.3) is 0 Å². The second-order valence-electron chi connectivity index (χ2n) is 7.63. The minimum Gasteiger partial charge on any atom is -0.493 e. The van der Waals surface area contributed by atoms with E-state index in [4.69, 9.17) is 14.2 Å². The smallest absolute Gasteiger partial charge is 0.410 e. The van der Waals surface area contributed by atoms with Crippen molar-refractivity contribution in [2.45, 2.75) is 57.7 Å². The van der Waals surface area contributed by atoms with Gasteiger partial charge in [0, 0.05) is 18.5 Å². The Morgan fingerprint density at radius 3 is 2.36 bits per heavy atom. The summed E-state index contributed by atoms with van der Waals surface area (Å²) in [6.45, 7) is 6.22. The van der Waals surface area contributed by atoms with Crippen LogP contribution < -0.4 is 9.47 Å². The fraction of sp³-hybridized carbons (Fsp3) is 0.550. The summed E-state index contributed by atoms with van der Waals surface area (Å²) in [6, 6.07) is 4.17. The van der Waals surface area contributed by atoms with E-state index in [1.54, 1.807) is 14.2 Å². The molecular formula is C20H27NO4. The molecule has 2 atom stereocenters. The van der Waals surface area contributed by atoms with Crippen LogP contribution in [0.2, 0.25) is 0 Å². The van der Waals surface area contributed by atoms with Gasteiger partial charge < -0.3 is 14.2 Å². The maximum atomic E-state index is 12.8. The number of nitrogens with zero attached hydrogens (tertiary/aromatic N) is 1. The molecular weight excluding hydrogens is 318 g/mol. The maximum absolute atomic E-state index is 12.8. The molecule has 1 aliphatic heterocycles. The number of benzene rings is 1. The Morgan fingerprint density at radius 1 is 1.08 bits per heavy atom. The number of ether oxygens (including phenoxy) is 3. The fourth-order valence-electron chi connectivity index (χ4n) is 3.72. The molecule has 0 N–H and O–H groups in total. The minimum absolute atomic E-state index is 0.116. The molecule has 136 valence electrons. The van der Waals surface area contributed by atoms with Gasteiger partial charge in [0.15, 0.2) is 11.5 Å². The normalized spacial score (nSPS) is 22.0. The molecule has 1 aromatic rings. The molecule has 0 saturated carbocycles. The topological polar surface area (TPSA) is 48.0 Å². The summed E-state index contributed by atoms with van der Waals surface area (Å²) in [4.78, 5) is 14.6. The molecule has 25 heavy (non-hydrogen) atoms. The van der Waals surface area contributed by atoms with Crippen molar-refractivity contribution in [3.05, 3.63) is 35.4 Å². The van der Waals surface area contributed by atoms with E-state index in [1.165, 1.54) is 5.56 Å². The molecule has 2 aliphatic rings. The average molecular weight is 345 g/mol. The van der Waals surface area contributed by atoms with Crippen molar-refractivity contribution in [3.8, 4) is 11.5 Å². The van der Waals surface area contributed by atoms with E-state index in [-0.39, 0.29) is 18.1 Å². The highest BCUT2D eigenvalue weighted by Gasteiger charge is 2.40. The van der Waals surface area contributed by atoms with E-state index < -0.39 is 5.60 Å². The predicted molar refractivity (Wildman–Crippen MR) is 96.2 cm³/mol. The molecule has 0 spiro atoms. The highest BCUT2D eigenvalue weighted by atomic mass is 16.6. The fourth-order valence-corrected chi connectivity index (χ4v) is 3.72. The first-order chi connectivity index (χ1) is 11.8. The average Bonchev–Trinajstić information content (AvgIpc) is 2.58. The Labute approximate surface area is 149 Å². The number of fused-ring (bicyclic) bond motifs is 3. The summed E-state index contributed by atoms with van der Waals surface area (Å²) in [7, 11) is 3.28. The van der Waals surface area contributed by atoms with Crippen molar-refractivity contribution >= 4 is 6.09 Å². The first-order valence-corrected chi connectivity index (χ1v) is 8.73. The third-order valence-electron chi connectivity index (χ3n) is 4.81. The molecule has 1 aromatic carbocycles. The van der Waals surface area contributed by atoms with E-state index in [9.17, 15) is 4.79 Å². The number of amides is 1. The summed E-state index contributed by atoms with van der Waals surface area (Å²) in [5, 5.41) is 0. The van der Waals surface area contributed by atoms with E-state index in [1.807, 2.05) is 31.7 Å². The first-order valence-electron chi connectivity index (χ1n) is 8.73. The molecule has 1 heterocycles. The lowest BCUT2D eigenvalue weighted by Crippen LogP contribution is -2.49. The quantitative estimate of drug-likeness (QED) is 0.752. The third kappa shape index (κ3) is 3.46. The van der Waals surface area contributed by atoms with Gasteiger partial charge in [-0.3, -0.25) is 4.90 Å². The molecule has 3 rings (SSSR count). The van der Waals surface area contributed by atoms with Crippen molar-refractivity contribution in [2.75, 3.05) is 14.2 Å². The molecule has 0 saturated heterocycles. The summed E-state index contributed by atoms with van der Waals surface area (Å²) in [5.74, 6) is 1.68. The van der Waals surface area contributed by atoms with Crippen LogP contribution in [0.3, 0.4) is 0 Å². The second-order valence-corrected chi connectivity index (χ2v) is 7.63. The molecule has 0 unspecified atom stereocenters. The molecule has 0 aromatic heterocycles. The zero-order valence-electron chi connectivity index (χ0n) is 15.7. The largest absolute Gasteiger partial charge is 0.493 e. The maximum Gasteiger partial charge on any atom is 0.410 e. The molecule has 1 amide bonds. The number of hydrogen-bond donors (Lipinski definition) is 0. The Kier molecular flexibility index (Phi) is 4.67. The Bertz CT molecular complexity index is 690. The van der Waals surface area contributed by atoms with Crippen LogP contribution in [0.4, 0.5) is 4.79 Å². The Hall–Kier alpha value is -2.17. The lowest BCUT2D eigenvalue weighted by Gasteiger charge is -2.43. The van der Waals surface area contributed by atoms with Crippen molar-refractivity contribution in [3.63, 3.8) is 0 Å². The van der Waals surface area contributed by atoms with Gasteiger partial charge in [-0.15, -0.1) is 0 Å². The van der Waals surface area contributed by atoms with Crippen LogP contribution in [0.25, 0.3) is 0 Å². The summed E-state index contributed by atoms with van der Waals surface area (Å²) < 4.78 is 16.6. The van der Waals surface area contributed by atoms with E-state index in [2.05, 4.69) is 18.2 Å². The second kappa shape index (κ2) is 6.62. The van der Waals surface area contributed by atoms with Gasteiger partial charge in [0.1, 0.15) is 5.60 Å². The van der Waals surface area contributed by atoms with Crippen molar-refractivity contribution in [1.29, 1.82) is 0 Å². The van der Waals surface area contributed by atoms with Crippen LogP contribution >= 0.6 is 0 Å². The van der Waals surface area contributed by atoms with Crippen LogP contribution in [-0.4, -0.2) is 36.9 Å². The van der Waals surface area contributed by atoms with Crippen molar-refractivity contribution in [2.24, 2.45) is 0 Å². The van der Waals surface area contributed by atoms with Gasteiger partial charge in [0.05, 0.1) is 14.2 Å². The van der Waals surface area contributed by atoms with E-state index in [0.29, 0.717) is 12.3 Å². The number of hydrogen-bond acceptors (Lipinski definition) is 4. The third-order valence-corrected chi connectivity index (χ3v) is 4.81. The lowest BCUT2D eigenvalue weighted by atomic mass is 9.77. The van der Waals surface area contributed by atoms with Crippen molar-refractivity contribution < 1.29 is 19.0 Å². The highest BCUT2D eigenvalue weighted by Crippen LogP contribution is 2.44. The number of allylic oxidation sites excluding steroid dienone is 1. The summed E-state index contributed by atoms with van der Waals surface area (Å²) in [5.41, 5.74) is 1.83. The van der Waals surface area contributed by atoms with Gasteiger partial charge >= 0.3 is 6.09 Å². The highest BCUT2D eigenvalue weighted by molar-refractivity contribution is 5.70.